The van der Waals surface area contributed by atoms with Gasteiger partial charge in [-0.1, -0.05) is 11.8 Å². The number of aliphatic hydroxyl groups is 1. The lowest BCUT2D eigenvalue weighted by Gasteiger charge is -1.78. The zero-order valence-electron chi connectivity index (χ0n) is 12.3. The average Bonchev–Trinajstić information content (AvgIpc) is 2.39. The molecule has 0 heterocycles. The van der Waals surface area contributed by atoms with Crippen molar-refractivity contribution in [3.05, 3.63) is 0 Å². The minimum atomic E-state index is -0.0174. The van der Waals surface area contributed by atoms with Crippen LogP contribution in [0.25, 0.3) is 0 Å². The first-order valence-electron chi connectivity index (χ1n) is 5.26. The molecule has 1 N–H and O–H groups in total. The Kier molecular flexibility index (Phi) is 63.7. The number of ether oxygens (including phenoxy) is 1. The van der Waals surface area contributed by atoms with Crippen molar-refractivity contribution in [2.45, 2.75) is 34.6 Å². The van der Waals surface area contributed by atoms with Gasteiger partial charge in [-0.05, 0) is 34.6 Å². The summed E-state index contributed by atoms with van der Waals surface area (Å²) in [6.07, 6.45) is 4.60. The minimum Gasteiger partial charge on any atom is -0.384 e. The Morgan fingerprint density at radius 2 is 1.28 bits per heavy atom. The molecule has 0 rings (SSSR count). The quantitative estimate of drug-likeness (QED) is 0.722. The standard InChI is InChI=1S/C5H8O.C4H6O.C4H6.C3H4/c1-3-4-5-6-2;1-2-3-4-5;1-3-4-2;1-3-2/h5H2,1-2H3;5H,4H2,1H3;1-2H3;1H,2H3. The molecule has 0 aromatic carbocycles. The molecule has 0 radical (unpaired) electrons. The average molecular weight is 248 g/mol. The van der Waals surface area contributed by atoms with E-state index in [1.165, 1.54) is 0 Å². The molecular weight excluding hydrogens is 224 g/mol. The summed E-state index contributed by atoms with van der Waals surface area (Å²) in [5, 5.41) is 7.89. The van der Waals surface area contributed by atoms with Gasteiger partial charge in [0.15, 0.2) is 0 Å². The summed E-state index contributed by atoms with van der Waals surface area (Å²) >= 11 is 0. The van der Waals surface area contributed by atoms with Crippen LogP contribution in [0.1, 0.15) is 34.6 Å². The van der Waals surface area contributed by atoms with Crippen LogP contribution >= 0.6 is 0 Å². The number of hydrogen-bond donors (Lipinski definition) is 1. The van der Waals surface area contributed by atoms with Crippen molar-refractivity contribution in [1.82, 2.24) is 0 Å². The van der Waals surface area contributed by atoms with Crippen LogP contribution in [0, 0.1) is 47.9 Å². The molecule has 0 saturated carbocycles. The Morgan fingerprint density at radius 3 is 1.33 bits per heavy atom. The van der Waals surface area contributed by atoms with E-state index in [4.69, 9.17) is 5.11 Å². The van der Waals surface area contributed by atoms with Gasteiger partial charge in [-0.15, -0.1) is 36.0 Å². The number of terminal acetylenes is 1. The van der Waals surface area contributed by atoms with Gasteiger partial charge in [0.2, 0.25) is 0 Å². The van der Waals surface area contributed by atoms with Crippen LogP contribution in [0.2, 0.25) is 0 Å². The van der Waals surface area contributed by atoms with E-state index in [0.29, 0.717) is 6.61 Å². The monoisotopic (exact) mass is 248 g/mol. The molecular formula is C16H24O2. The molecule has 0 aromatic heterocycles. The van der Waals surface area contributed by atoms with E-state index in [1.807, 2.05) is 13.8 Å². The zero-order valence-corrected chi connectivity index (χ0v) is 12.3. The molecule has 0 aromatic rings. The number of hydrogen-bond acceptors (Lipinski definition) is 2. The molecule has 0 fully saturated rings. The molecule has 2 heteroatoms. The molecule has 0 atom stereocenters. The third-order valence-corrected chi connectivity index (χ3v) is 0.899. The molecule has 0 saturated heterocycles. The van der Waals surface area contributed by atoms with Gasteiger partial charge in [0.25, 0.3) is 0 Å². The molecule has 2 nitrogen and oxygen atoms in total. The Bertz CT molecular complexity index is 323. The van der Waals surface area contributed by atoms with Crippen molar-refractivity contribution in [3.63, 3.8) is 0 Å². The maximum Gasteiger partial charge on any atom is 0.107 e. The Balaban J connectivity index is -0.0000000750. The van der Waals surface area contributed by atoms with Gasteiger partial charge in [-0.3, -0.25) is 0 Å². The maximum atomic E-state index is 7.89. The van der Waals surface area contributed by atoms with Gasteiger partial charge in [-0.25, -0.2) is 0 Å². The third kappa shape index (κ3) is 142. The predicted octanol–water partition coefficient (Wildman–Crippen LogP) is 2.33. The van der Waals surface area contributed by atoms with E-state index in [1.54, 1.807) is 27.9 Å². The van der Waals surface area contributed by atoms with Crippen LogP contribution in [-0.4, -0.2) is 25.4 Å². The fraction of sp³-hybridized carbons (Fsp3) is 0.500. The van der Waals surface area contributed by atoms with Crippen molar-refractivity contribution >= 4 is 0 Å². The molecule has 0 spiro atoms. The Labute approximate surface area is 113 Å². The summed E-state index contributed by atoms with van der Waals surface area (Å²) in [6.45, 7) is 9.31. The van der Waals surface area contributed by atoms with Crippen LogP contribution in [-0.2, 0) is 4.74 Å². The first-order valence-corrected chi connectivity index (χ1v) is 5.26. The zero-order chi connectivity index (χ0) is 15.1. The summed E-state index contributed by atoms with van der Waals surface area (Å²) in [5.74, 6) is 18.0. The van der Waals surface area contributed by atoms with E-state index in [0.717, 1.165) is 0 Å². The normalized spacial score (nSPS) is 4.78. The molecule has 18 heavy (non-hydrogen) atoms. The van der Waals surface area contributed by atoms with E-state index in [9.17, 15) is 0 Å². The summed E-state index contributed by atoms with van der Waals surface area (Å²) in [5.41, 5.74) is 0. The topological polar surface area (TPSA) is 29.5 Å². The highest BCUT2D eigenvalue weighted by Gasteiger charge is 1.60. The lowest BCUT2D eigenvalue weighted by molar-refractivity contribution is 0.240. The highest BCUT2D eigenvalue weighted by Crippen LogP contribution is 1.57. The van der Waals surface area contributed by atoms with Crippen molar-refractivity contribution in [1.29, 1.82) is 0 Å². The highest BCUT2D eigenvalue weighted by molar-refractivity contribution is 4.94. The second-order valence-corrected chi connectivity index (χ2v) is 2.23. The van der Waals surface area contributed by atoms with Gasteiger partial charge in [0, 0.05) is 7.11 Å². The molecule has 100 valence electrons. The van der Waals surface area contributed by atoms with Gasteiger partial charge in [0.05, 0.1) is 0 Å². The van der Waals surface area contributed by atoms with Gasteiger partial charge in [-0.2, -0.15) is 0 Å². The van der Waals surface area contributed by atoms with Crippen molar-refractivity contribution in [2.75, 3.05) is 20.3 Å². The van der Waals surface area contributed by atoms with Gasteiger partial charge < -0.3 is 9.84 Å². The number of methoxy groups -OCH3 is 1. The smallest absolute Gasteiger partial charge is 0.107 e. The molecule has 0 unspecified atom stereocenters. The Morgan fingerprint density at radius 1 is 0.889 bits per heavy atom. The van der Waals surface area contributed by atoms with Gasteiger partial charge in [0.1, 0.15) is 13.2 Å². The largest absolute Gasteiger partial charge is 0.384 e. The van der Waals surface area contributed by atoms with Crippen molar-refractivity contribution < 1.29 is 9.84 Å². The lowest BCUT2D eigenvalue weighted by Crippen LogP contribution is -1.78. The van der Waals surface area contributed by atoms with E-state index < -0.39 is 0 Å². The van der Waals surface area contributed by atoms with Gasteiger partial charge >= 0.3 is 0 Å². The fourth-order valence-electron chi connectivity index (χ4n) is 0.223. The number of aliphatic hydroxyl groups excluding tert-OH is 1. The SMILES string of the molecule is C#CC.CC#CC.CC#CCO.CC#CCOC. The summed E-state index contributed by atoms with van der Waals surface area (Å²) in [4.78, 5) is 0. The minimum absolute atomic E-state index is 0.0174. The van der Waals surface area contributed by atoms with E-state index in [-0.39, 0.29) is 6.61 Å². The molecule has 0 bridgehead atoms. The summed E-state index contributed by atoms with van der Waals surface area (Å²) in [7, 11) is 1.63. The molecule has 0 aliphatic rings. The van der Waals surface area contributed by atoms with Crippen molar-refractivity contribution in [3.8, 4) is 47.9 Å². The van der Waals surface area contributed by atoms with Crippen LogP contribution in [0.4, 0.5) is 0 Å². The van der Waals surface area contributed by atoms with E-state index in [2.05, 4.69) is 52.6 Å². The molecule has 0 amide bonds. The first-order chi connectivity index (χ1) is 8.66. The van der Waals surface area contributed by atoms with Crippen LogP contribution < -0.4 is 0 Å². The number of rotatable bonds is 1. The summed E-state index contributed by atoms with van der Waals surface area (Å²) < 4.78 is 4.61. The molecule has 0 aliphatic heterocycles. The van der Waals surface area contributed by atoms with Crippen LogP contribution in [0.3, 0.4) is 0 Å². The molecule has 0 aliphatic carbocycles. The van der Waals surface area contributed by atoms with Crippen LogP contribution in [0.15, 0.2) is 0 Å². The van der Waals surface area contributed by atoms with E-state index >= 15 is 0 Å². The predicted molar refractivity (Wildman–Crippen MR) is 79.5 cm³/mol. The maximum absolute atomic E-state index is 7.89. The third-order valence-electron chi connectivity index (χ3n) is 0.899. The second kappa shape index (κ2) is 45.7. The fourth-order valence-corrected chi connectivity index (χ4v) is 0.223. The first kappa shape index (κ1) is 25.1. The highest BCUT2D eigenvalue weighted by atomic mass is 16.5. The second-order valence-electron chi connectivity index (χ2n) is 2.23. The summed E-state index contributed by atoms with van der Waals surface area (Å²) in [6, 6.07) is 0. The Hall–Kier alpha value is -1.84. The van der Waals surface area contributed by atoms with Crippen LogP contribution in [0.5, 0.6) is 0 Å². The van der Waals surface area contributed by atoms with Crippen molar-refractivity contribution in [2.24, 2.45) is 0 Å². The lowest BCUT2D eigenvalue weighted by atomic mass is 10.6.